The number of hydrogen-bond acceptors (Lipinski definition) is 2. The maximum absolute atomic E-state index is 13.4. The predicted octanol–water partition coefficient (Wildman–Crippen LogP) is 3.05. The van der Waals surface area contributed by atoms with Gasteiger partial charge in [0, 0.05) is 18.2 Å². The number of benzene rings is 1. The molecule has 3 nitrogen and oxygen atoms in total. The van der Waals surface area contributed by atoms with Crippen LogP contribution in [0.15, 0.2) is 36.5 Å². The highest BCUT2D eigenvalue weighted by Crippen LogP contribution is 2.38. The van der Waals surface area contributed by atoms with Crippen LogP contribution in [0.2, 0.25) is 0 Å². The Hall–Kier alpha value is -2.36. The van der Waals surface area contributed by atoms with E-state index in [1.54, 1.807) is 13.2 Å². The molecule has 2 heterocycles. The van der Waals surface area contributed by atoms with E-state index >= 15 is 0 Å². The van der Waals surface area contributed by atoms with Gasteiger partial charge < -0.3 is 9.14 Å². The van der Waals surface area contributed by atoms with Gasteiger partial charge in [0.2, 0.25) is 0 Å². The molecule has 4 heteroatoms. The van der Waals surface area contributed by atoms with Crippen molar-refractivity contribution < 1.29 is 9.13 Å². The Kier molecular flexibility index (Phi) is 1.98. The maximum atomic E-state index is 13.4. The van der Waals surface area contributed by atoms with E-state index in [1.807, 2.05) is 22.6 Å². The monoisotopic (exact) mass is 254 g/mol. The van der Waals surface area contributed by atoms with Gasteiger partial charge >= 0.3 is 0 Å². The third kappa shape index (κ3) is 1.40. The summed E-state index contributed by atoms with van der Waals surface area (Å²) in [7, 11) is 1.65. The summed E-state index contributed by atoms with van der Waals surface area (Å²) in [5.74, 6) is 0.566. The third-order valence-electron chi connectivity index (χ3n) is 3.61. The molecule has 1 aliphatic rings. The van der Waals surface area contributed by atoms with Crippen molar-refractivity contribution >= 4 is 5.65 Å². The second-order valence-corrected chi connectivity index (χ2v) is 4.68. The molecule has 0 spiro atoms. The van der Waals surface area contributed by atoms with Crippen LogP contribution in [0.1, 0.15) is 11.3 Å². The first kappa shape index (κ1) is 10.6. The van der Waals surface area contributed by atoms with Crippen LogP contribution < -0.4 is 4.74 Å². The third-order valence-corrected chi connectivity index (χ3v) is 3.61. The molecule has 3 aromatic rings. The molecule has 0 radical (unpaired) electrons. The molecule has 0 amide bonds. The first-order valence-electron chi connectivity index (χ1n) is 6.10. The molecule has 0 saturated carbocycles. The van der Waals surface area contributed by atoms with Crippen molar-refractivity contribution in [1.29, 1.82) is 0 Å². The van der Waals surface area contributed by atoms with Crippen LogP contribution in [0.25, 0.3) is 16.9 Å². The van der Waals surface area contributed by atoms with Crippen molar-refractivity contribution in [3.8, 4) is 17.0 Å². The molecule has 19 heavy (non-hydrogen) atoms. The van der Waals surface area contributed by atoms with Crippen LogP contribution in [0.3, 0.4) is 0 Å². The van der Waals surface area contributed by atoms with Crippen molar-refractivity contribution in [1.82, 2.24) is 9.38 Å². The van der Waals surface area contributed by atoms with Crippen LogP contribution >= 0.6 is 0 Å². The van der Waals surface area contributed by atoms with E-state index in [4.69, 9.17) is 4.74 Å². The SMILES string of the molecule is COc1ccc2c(c1)-c1nc3ccc(F)cn3c1C2. The molecule has 94 valence electrons. The van der Waals surface area contributed by atoms with E-state index in [9.17, 15) is 4.39 Å². The second kappa shape index (κ2) is 3.57. The first-order valence-corrected chi connectivity index (χ1v) is 6.10. The topological polar surface area (TPSA) is 26.5 Å². The van der Waals surface area contributed by atoms with Crippen molar-refractivity contribution in [2.24, 2.45) is 0 Å². The van der Waals surface area contributed by atoms with E-state index in [2.05, 4.69) is 4.98 Å². The number of imidazole rings is 1. The van der Waals surface area contributed by atoms with Crippen molar-refractivity contribution in [3.05, 3.63) is 53.6 Å². The zero-order valence-corrected chi connectivity index (χ0v) is 10.4. The lowest BCUT2D eigenvalue weighted by molar-refractivity contribution is 0.415. The summed E-state index contributed by atoms with van der Waals surface area (Å²) in [5, 5.41) is 0. The molecule has 4 rings (SSSR count). The Morgan fingerprint density at radius 3 is 3.00 bits per heavy atom. The molecule has 0 unspecified atom stereocenters. The van der Waals surface area contributed by atoms with Gasteiger partial charge in [-0.2, -0.15) is 0 Å². The van der Waals surface area contributed by atoms with Crippen molar-refractivity contribution in [2.75, 3.05) is 7.11 Å². The quantitative estimate of drug-likeness (QED) is 0.522. The maximum Gasteiger partial charge on any atom is 0.139 e. The van der Waals surface area contributed by atoms with Gasteiger partial charge in [-0.1, -0.05) is 6.07 Å². The zero-order valence-electron chi connectivity index (χ0n) is 10.4. The lowest BCUT2D eigenvalue weighted by atomic mass is 10.1. The van der Waals surface area contributed by atoms with Crippen molar-refractivity contribution in [2.45, 2.75) is 6.42 Å². The van der Waals surface area contributed by atoms with Gasteiger partial charge in [0.1, 0.15) is 17.2 Å². The molecule has 2 aromatic heterocycles. The van der Waals surface area contributed by atoms with Gasteiger partial charge in [-0.15, -0.1) is 0 Å². The van der Waals surface area contributed by atoms with Gasteiger partial charge in [0.25, 0.3) is 0 Å². The van der Waals surface area contributed by atoms with E-state index in [0.29, 0.717) is 0 Å². The predicted molar refractivity (Wildman–Crippen MR) is 69.9 cm³/mol. The smallest absolute Gasteiger partial charge is 0.139 e. The minimum Gasteiger partial charge on any atom is -0.497 e. The fourth-order valence-corrected chi connectivity index (χ4v) is 2.69. The number of hydrogen-bond donors (Lipinski definition) is 0. The summed E-state index contributed by atoms with van der Waals surface area (Å²) >= 11 is 0. The molecule has 0 atom stereocenters. The Labute approximate surface area is 109 Å². The van der Waals surface area contributed by atoms with Crippen LogP contribution in [-0.4, -0.2) is 16.5 Å². The van der Waals surface area contributed by atoms with Crippen LogP contribution in [0, 0.1) is 5.82 Å². The lowest BCUT2D eigenvalue weighted by Gasteiger charge is -2.03. The normalized spacial score (nSPS) is 12.5. The van der Waals surface area contributed by atoms with E-state index in [1.165, 1.54) is 17.8 Å². The molecular formula is C15H11FN2O. The van der Waals surface area contributed by atoms with Gasteiger partial charge in [0.05, 0.1) is 18.5 Å². The summed E-state index contributed by atoms with van der Waals surface area (Å²) in [5.41, 5.74) is 5.03. The molecule has 1 aliphatic carbocycles. The minimum absolute atomic E-state index is 0.249. The number of methoxy groups -OCH3 is 1. The van der Waals surface area contributed by atoms with E-state index in [0.717, 1.165) is 34.8 Å². The summed E-state index contributed by atoms with van der Waals surface area (Å²) < 4.78 is 20.4. The Morgan fingerprint density at radius 1 is 1.26 bits per heavy atom. The minimum atomic E-state index is -0.249. The number of rotatable bonds is 1. The average molecular weight is 254 g/mol. The fourth-order valence-electron chi connectivity index (χ4n) is 2.69. The number of pyridine rings is 1. The number of fused-ring (bicyclic) bond motifs is 5. The average Bonchev–Trinajstić information content (AvgIpc) is 2.94. The van der Waals surface area contributed by atoms with E-state index < -0.39 is 0 Å². The second-order valence-electron chi connectivity index (χ2n) is 4.68. The lowest BCUT2D eigenvalue weighted by Crippen LogP contribution is -1.93. The van der Waals surface area contributed by atoms with Crippen LogP contribution in [0.5, 0.6) is 5.75 Å². The van der Waals surface area contributed by atoms with Crippen LogP contribution in [-0.2, 0) is 6.42 Å². The molecule has 0 bridgehead atoms. The Morgan fingerprint density at radius 2 is 2.16 bits per heavy atom. The Balaban J connectivity index is 2.00. The number of ether oxygens (including phenoxy) is 1. The molecular weight excluding hydrogens is 243 g/mol. The molecule has 1 aromatic carbocycles. The molecule has 0 saturated heterocycles. The highest BCUT2D eigenvalue weighted by atomic mass is 19.1. The molecule has 0 aliphatic heterocycles. The standard InChI is InChI=1S/C15H11FN2O/c1-19-11-4-2-9-6-13-15(12(9)7-11)17-14-5-3-10(16)8-18(13)14/h2-5,7-8H,6H2,1H3. The molecule has 0 fully saturated rings. The largest absolute Gasteiger partial charge is 0.497 e. The van der Waals surface area contributed by atoms with Gasteiger partial charge in [-0.3, -0.25) is 0 Å². The summed E-state index contributed by atoms with van der Waals surface area (Å²) in [4.78, 5) is 4.59. The van der Waals surface area contributed by atoms with Gasteiger partial charge in [0.15, 0.2) is 0 Å². The zero-order chi connectivity index (χ0) is 13.0. The van der Waals surface area contributed by atoms with Gasteiger partial charge in [-0.25, -0.2) is 9.37 Å². The van der Waals surface area contributed by atoms with Crippen molar-refractivity contribution in [3.63, 3.8) is 0 Å². The fraction of sp³-hybridized carbons (Fsp3) is 0.133. The molecule has 0 N–H and O–H groups in total. The van der Waals surface area contributed by atoms with E-state index in [-0.39, 0.29) is 5.82 Å². The van der Waals surface area contributed by atoms with Crippen LogP contribution in [0.4, 0.5) is 4.39 Å². The summed E-state index contributed by atoms with van der Waals surface area (Å²) in [6.45, 7) is 0. The number of nitrogens with zero attached hydrogens (tertiary/aromatic N) is 2. The summed E-state index contributed by atoms with van der Waals surface area (Å²) in [6.07, 6.45) is 2.27. The highest BCUT2D eigenvalue weighted by Gasteiger charge is 2.24. The summed E-state index contributed by atoms with van der Waals surface area (Å²) in [6, 6.07) is 9.11. The highest BCUT2D eigenvalue weighted by molar-refractivity contribution is 5.76. The Bertz CT molecular complexity index is 807. The first-order chi connectivity index (χ1) is 9.26. The number of aromatic nitrogens is 2. The number of halogens is 1. The van der Waals surface area contributed by atoms with Gasteiger partial charge in [-0.05, 0) is 29.8 Å².